The minimum atomic E-state index is -0.804. The van der Waals surface area contributed by atoms with E-state index in [9.17, 15) is 14.4 Å². The van der Waals surface area contributed by atoms with Crippen molar-refractivity contribution in [1.29, 1.82) is 0 Å². The molecule has 0 N–H and O–H groups in total. The number of rotatable bonds is 2. The number of benzene rings is 3. The number of alkyl halides is 2. The number of halogens is 2. The van der Waals surface area contributed by atoms with Gasteiger partial charge in [0.25, 0.3) is 0 Å². The second-order valence-corrected chi connectivity index (χ2v) is 11.1. The van der Waals surface area contributed by atoms with Gasteiger partial charge in [-0.15, -0.1) is 0 Å². The first-order valence-corrected chi connectivity index (χ1v) is 12.0. The zero-order chi connectivity index (χ0) is 22.4. The maximum Gasteiger partial charge on any atom is 0.239 e. The normalized spacial score (nSPS) is 29.5. The van der Waals surface area contributed by atoms with Crippen LogP contribution in [-0.2, 0) is 18.2 Å². The van der Waals surface area contributed by atoms with Gasteiger partial charge in [-0.2, -0.15) is 0 Å². The van der Waals surface area contributed by atoms with Crippen LogP contribution in [0, 0.1) is 11.8 Å². The van der Waals surface area contributed by atoms with Crippen molar-refractivity contribution >= 4 is 55.1 Å². The van der Waals surface area contributed by atoms with Gasteiger partial charge < -0.3 is 0 Å². The van der Waals surface area contributed by atoms with E-state index >= 15 is 0 Å². The first-order valence-electron chi connectivity index (χ1n) is 10.4. The standard InChI is InChI=1S/C26H17Br2NO3/c1-14(30)15-10-12-16(13-11-15)29-23(31)21-22(24(29)32)26(28)18-7-3-2-6-17(18)25(21,27)19-8-4-5-9-20(19)26/h2-13,21-22H,1H3/t21-,22+,25?,26?. The van der Waals surface area contributed by atoms with Crippen LogP contribution < -0.4 is 4.90 Å². The first kappa shape index (κ1) is 20.1. The molecule has 4 aliphatic rings. The van der Waals surface area contributed by atoms with Crippen molar-refractivity contribution in [1.82, 2.24) is 0 Å². The summed E-state index contributed by atoms with van der Waals surface area (Å²) in [7, 11) is 0. The highest BCUT2D eigenvalue weighted by atomic mass is 79.9. The molecule has 3 aromatic rings. The van der Waals surface area contributed by atoms with Crippen LogP contribution in [-0.4, -0.2) is 17.6 Å². The minimum absolute atomic E-state index is 0.0629. The fourth-order valence-electron chi connectivity index (χ4n) is 5.77. The van der Waals surface area contributed by atoms with Gasteiger partial charge in [0, 0.05) is 5.56 Å². The first-order chi connectivity index (χ1) is 15.3. The average molecular weight is 551 g/mol. The van der Waals surface area contributed by atoms with Crippen LogP contribution in [0.5, 0.6) is 0 Å². The summed E-state index contributed by atoms with van der Waals surface area (Å²) in [6, 6.07) is 22.7. The van der Waals surface area contributed by atoms with Crippen LogP contribution in [0.25, 0.3) is 0 Å². The Balaban J connectivity index is 1.60. The van der Waals surface area contributed by atoms with Crippen molar-refractivity contribution in [2.45, 2.75) is 15.6 Å². The van der Waals surface area contributed by atoms with E-state index in [1.54, 1.807) is 24.3 Å². The van der Waals surface area contributed by atoms with Crippen molar-refractivity contribution < 1.29 is 14.4 Å². The van der Waals surface area contributed by atoms with Crippen molar-refractivity contribution in [2.75, 3.05) is 4.90 Å². The third kappa shape index (κ3) is 2.20. The Kier molecular flexibility index (Phi) is 4.07. The Hall–Kier alpha value is -2.57. The van der Waals surface area contributed by atoms with Gasteiger partial charge in [-0.1, -0.05) is 80.4 Å². The van der Waals surface area contributed by atoms with Gasteiger partial charge in [0.05, 0.1) is 26.2 Å². The Morgan fingerprint density at radius 2 is 1.09 bits per heavy atom. The number of carbonyl (C=O) groups is 3. The van der Waals surface area contributed by atoms with Crippen molar-refractivity contribution in [3.05, 3.63) is 101 Å². The molecule has 1 aliphatic heterocycles. The van der Waals surface area contributed by atoms with E-state index in [4.69, 9.17) is 0 Å². The van der Waals surface area contributed by atoms with Gasteiger partial charge in [0.2, 0.25) is 11.8 Å². The van der Waals surface area contributed by atoms with E-state index in [1.165, 1.54) is 11.8 Å². The highest BCUT2D eigenvalue weighted by Gasteiger charge is 2.72. The van der Waals surface area contributed by atoms with E-state index in [0.29, 0.717) is 11.3 Å². The molecule has 1 heterocycles. The molecule has 3 aliphatic carbocycles. The summed E-state index contributed by atoms with van der Waals surface area (Å²) in [6.07, 6.45) is 0. The molecule has 1 saturated heterocycles. The number of hydrogen-bond donors (Lipinski definition) is 0. The summed E-state index contributed by atoms with van der Waals surface area (Å²) in [5, 5.41) is 0. The fraction of sp³-hybridized carbons (Fsp3) is 0.192. The van der Waals surface area contributed by atoms with Crippen molar-refractivity contribution in [2.24, 2.45) is 11.8 Å². The Labute approximate surface area is 201 Å². The second kappa shape index (κ2) is 6.49. The summed E-state index contributed by atoms with van der Waals surface area (Å²) < 4.78 is -1.61. The summed E-state index contributed by atoms with van der Waals surface area (Å²) in [4.78, 5) is 40.8. The van der Waals surface area contributed by atoms with Gasteiger partial charge in [0.1, 0.15) is 0 Å². The third-order valence-corrected chi connectivity index (χ3v) is 9.81. The molecule has 2 atom stereocenters. The summed E-state index contributed by atoms with van der Waals surface area (Å²) in [5.74, 6) is -1.74. The molecule has 3 aromatic carbocycles. The van der Waals surface area contributed by atoms with Crippen LogP contribution >= 0.6 is 31.9 Å². The highest BCUT2D eigenvalue weighted by molar-refractivity contribution is 9.10. The predicted octanol–water partition coefficient (Wildman–Crippen LogP) is 5.30. The SMILES string of the molecule is CC(=O)c1ccc(N2C(=O)[C@@H]3[C@H](C2=O)C2(Br)c4ccccc4C3(Br)c3ccccc32)cc1. The summed E-state index contributed by atoms with van der Waals surface area (Å²) in [6.45, 7) is 1.49. The van der Waals surface area contributed by atoms with E-state index < -0.39 is 20.5 Å². The summed E-state index contributed by atoms with van der Waals surface area (Å²) in [5.41, 5.74) is 5.05. The molecule has 6 heteroatoms. The van der Waals surface area contributed by atoms with Crippen LogP contribution in [0.2, 0.25) is 0 Å². The van der Waals surface area contributed by atoms with E-state index in [0.717, 1.165) is 22.3 Å². The van der Waals surface area contributed by atoms with Gasteiger partial charge in [0.15, 0.2) is 5.78 Å². The van der Waals surface area contributed by atoms with Crippen molar-refractivity contribution in [3.63, 3.8) is 0 Å². The number of Topliss-reactive ketones (excluding diaryl/α,β-unsaturated/α-hetero) is 1. The molecule has 4 nitrogen and oxygen atoms in total. The number of carbonyl (C=O) groups excluding carboxylic acids is 3. The van der Waals surface area contributed by atoms with Crippen LogP contribution in [0.4, 0.5) is 5.69 Å². The zero-order valence-corrected chi connectivity index (χ0v) is 20.2. The Morgan fingerprint density at radius 1 is 0.719 bits per heavy atom. The molecule has 0 unspecified atom stereocenters. The van der Waals surface area contributed by atoms with E-state index in [2.05, 4.69) is 31.9 Å². The van der Waals surface area contributed by atoms with E-state index in [-0.39, 0.29) is 17.6 Å². The molecular weight excluding hydrogens is 534 g/mol. The number of hydrogen-bond acceptors (Lipinski definition) is 3. The number of ketones is 1. The van der Waals surface area contributed by atoms with Gasteiger partial charge >= 0.3 is 0 Å². The monoisotopic (exact) mass is 549 g/mol. The van der Waals surface area contributed by atoms with Crippen LogP contribution in [0.3, 0.4) is 0 Å². The topological polar surface area (TPSA) is 54.5 Å². The van der Waals surface area contributed by atoms with E-state index in [1.807, 2.05) is 48.5 Å². The molecule has 158 valence electrons. The Morgan fingerprint density at radius 3 is 1.44 bits per heavy atom. The molecule has 32 heavy (non-hydrogen) atoms. The van der Waals surface area contributed by atoms with Crippen LogP contribution in [0.1, 0.15) is 39.5 Å². The van der Waals surface area contributed by atoms with Crippen LogP contribution in [0.15, 0.2) is 72.8 Å². The molecular formula is C26H17Br2NO3. The molecule has 0 saturated carbocycles. The second-order valence-electron chi connectivity index (χ2n) is 8.58. The maximum atomic E-state index is 13.9. The Bertz CT molecular complexity index is 1230. The summed E-state index contributed by atoms with van der Waals surface area (Å²) >= 11 is 7.99. The average Bonchev–Trinajstić information content (AvgIpc) is 3.08. The molecule has 0 spiro atoms. The molecule has 2 amide bonds. The van der Waals surface area contributed by atoms with Gasteiger partial charge in [-0.3, -0.25) is 14.4 Å². The lowest BCUT2D eigenvalue weighted by Crippen LogP contribution is -2.56. The number of anilines is 1. The quantitative estimate of drug-likeness (QED) is 0.247. The predicted molar refractivity (Wildman–Crippen MR) is 128 cm³/mol. The highest BCUT2D eigenvalue weighted by Crippen LogP contribution is 2.70. The fourth-order valence-corrected chi connectivity index (χ4v) is 8.07. The molecule has 1 fully saturated rings. The van der Waals surface area contributed by atoms with Gasteiger partial charge in [-0.05, 0) is 53.4 Å². The number of imide groups is 1. The zero-order valence-electron chi connectivity index (χ0n) is 17.0. The third-order valence-electron chi connectivity index (χ3n) is 7.12. The smallest absolute Gasteiger partial charge is 0.239 e. The van der Waals surface area contributed by atoms with Crippen molar-refractivity contribution in [3.8, 4) is 0 Å². The number of amides is 2. The maximum absolute atomic E-state index is 13.9. The molecule has 7 rings (SSSR count). The largest absolute Gasteiger partial charge is 0.295 e. The molecule has 2 bridgehead atoms. The molecule has 0 aromatic heterocycles. The molecule has 0 radical (unpaired) electrons. The number of nitrogens with zero attached hydrogens (tertiary/aromatic N) is 1. The minimum Gasteiger partial charge on any atom is -0.295 e. The lowest BCUT2D eigenvalue weighted by Gasteiger charge is -2.55. The van der Waals surface area contributed by atoms with Gasteiger partial charge in [-0.25, -0.2) is 4.90 Å². The lowest BCUT2D eigenvalue weighted by atomic mass is 9.54. The lowest BCUT2D eigenvalue weighted by molar-refractivity contribution is -0.122.